The molecule has 0 N–H and O–H groups in total. The average molecular weight is 316 g/mol. The number of cyclic esters (lactones) is 1. The van der Waals surface area contributed by atoms with Crippen molar-refractivity contribution in [1.29, 1.82) is 0 Å². The van der Waals surface area contributed by atoms with Crippen LogP contribution in [0.4, 0.5) is 10.5 Å². The molecule has 3 amide bonds. The van der Waals surface area contributed by atoms with Gasteiger partial charge in [0.2, 0.25) is 5.91 Å². The first kappa shape index (κ1) is 16.7. The molecule has 1 aliphatic heterocycles. The van der Waals surface area contributed by atoms with E-state index >= 15 is 0 Å². The number of carbonyl (C=O) groups is 3. The minimum Gasteiger partial charge on any atom is -0.404 e. The molecule has 0 aromatic heterocycles. The van der Waals surface area contributed by atoms with Crippen LogP contribution < -0.4 is 4.90 Å². The summed E-state index contributed by atoms with van der Waals surface area (Å²) in [7, 11) is 1.68. The van der Waals surface area contributed by atoms with Crippen molar-refractivity contribution in [2.75, 3.05) is 11.9 Å². The Morgan fingerprint density at radius 3 is 2.17 bits per heavy atom. The van der Waals surface area contributed by atoms with Gasteiger partial charge < -0.3 is 9.64 Å². The molecule has 23 heavy (non-hydrogen) atoms. The third-order valence-electron chi connectivity index (χ3n) is 3.52. The Labute approximate surface area is 135 Å². The van der Waals surface area contributed by atoms with Crippen LogP contribution in [-0.2, 0) is 14.3 Å². The second-order valence-electron chi connectivity index (χ2n) is 6.36. The van der Waals surface area contributed by atoms with Crippen LogP contribution in [0.25, 0.3) is 6.08 Å². The smallest absolute Gasteiger partial charge is 0.404 e. The molecule has 1 aromatic rings. The molecular formula is C17H20N2O4. The molecule has 0 saturated carbocycles. The lowest BCUT2D eigenvalue weighted by Crippen LogP contribution is -2.44. The summed E-state index contributed by atoms with van der Waals surface area (Å²) in [6.45, 7) is 6.78. The molecule has 1 aliphatic rings. The second-order valence-corrected chi connectivity index (χ2v) is 6.36. The zero-order valence-electron chi connectivity index (χ0n) is 13.9. The lowest BCUT2D eigenvalue weighted by molar-refractivity contribution is -0.126. The molecule has 0 spiro atoms. The van der Waals surface area contributed by atoms with E-state index < -0.39 is 17.5 Å². The Morgan fingerprint density at radius 1 is 1.17 bits per heavy atom. The first-order valence-electron chi connectivity index (χ1n) is 7.23. The molecule has 0 bridgehead atoms. The van der Waals surface area contributed by atoms with Crippen molar-refractivity contribution >= 4 is 29.7 Å². The molecule has 6 heteroatoms. The molecule has 1 heterocycles. The number of hydrogen-bond donors (Lipinski definition) is 0. The topological polar surface area (TPSA) is 66.9 Å². The highest BCUT2D eigenvalue weighted by Gasteiger charge is 2.43. The fourth-order valence-corrected chi connectivity index (χ4v) is 2.17. The third kappa shape index (κ3) is 3.41. The van der Waals surface area contributed by atoms with Gasteiger partial charge in [-0.2, -0.15) is 0 Å². The van der Waals surface area contributed by atoms with E-state index in [0.717, 1.165) is 10.6 Å². The summed E-state index contributed by atoms with van der Waals surface area (Å²) in [6, 6.07) is 7.03. The van der Waals surface area contributed by atoms with Gasteiger partial charge in [-0.05, 0) is 44.5 Å². The van der Waals surface area contributed by atoms with Gasteiger partial charge in [0.05, 0.1) is 0 Å². The van der Waals surface area contributed by atoms with Crippen molar-refractivity contribution in [1.82, 2.24) is 4.90 Å². The van der Waals surface area contributed by atoms with Crippen LogP contribution >= 0.6 is 0 Å². The van der Waals surface area contributed by atoms with Crippen LogP contribution in [-0.4, -0.2) is 35.4 Å². The molecule has 2 rings (SSSR count). The Balaban J connectivity index is 2.25. The molecule has 1 aromatic carbocycles. The molecule has 6 nitrogen and oxygen atoms in total. The normalized spacial score (nSPS) is 16.7. The van der Waals surface area contributed by atoms with Crippen molar-refractivity contribution in [2.45, 2.75) is 33.2 Å². The van der Waals surface area contributed by atoms with Gasteiger partial charge in [0.15, 0.2) is 5.76 Å². The lowest BCUT2D eigenvalue weighted by Gasteiger charge is -2.26. The molecule has 0 atom stereocenters. The van der Waals surface area contributed by atoms with E-state index in [9.17, 15) is 14.4 Å². The molecule has 0 aliphatic carbocycles. The molecule has 1 fully saturated rings. The predicted molar refractivity (Wildman–Crippen MR) is 86.6 cm³/mol. The number of anilines is 1. The fourth-order valence-electron chi connectivity index (χ4n) is 2.17. The van der Waals surface area contributed by atoms with Gasteiger partial charge in [-0.1, -0.05) is 12.1 Å². The number of carbonyl (C=O) groups excluding carboxylic acids is 3. The van der Waals surface area contributed by atoms with Gasteiger partial charge in [0.1, 0.15) is 0 Å². The van der Waals surface area contributed by atoms with E-state index in [1.54, 1.807) is 52.1 Å². The van der Waals surface area contributed by atoms with Gasteiger partial charge in [-0.15, -0.1) is 0 Å². The first-order chi connectivity index (χ1) is 10.6. The number of amides is 3. The Hall–Kier alpha value is -2.63. The highest BCUT2D eigenvalue weighted by Crippen LogP contribution is 2.27. The van der Waals surface area contributed by atoms with Gasteiger partial charge in [0, 0.05) is 25.2 Å². The number of rotatable bonds is 2. The van der Waals surface area contributed by atoms with Crippen LogP contribution in [0.2, 0.25) is 0 Å². The number of imide groups is 1. The van der Waals surface area contributed by atoms with Crippen molar-refractivity contribution in [3.8, 4) is 0 Å². The number of benzene rings is 1. The maximum absolute atomic E-state index is 12.3. The molecule has 0 unspecified atom stereocenters. The third-order valence-corrected chi connectivity index (χ3v) is 3.52. The van der Waals surface area contributed by atoms with Crippen LogP contribution in [0.1, 0.15) is 33.3 Å². The summed E-state index contributed by atoms with van der Waals surface area (Å²) in [6.07, 6.45) is 0.852. The Morgan fingerprint density at radius 2 is 1.74 bits per heavy atom. The van der Waals surface area contributed by atoms with Crippen LogP contribution in [0.5, 0.6) is 0 Å². The van der Waals surface area contributed by atoms with Gasteiger partial charge in [-0.3, -0.25) is 9.59 Å². The Bertz CT molecular complexity index is 684. The minimum absolute atomic E-state index is 0.00222. The van der Waals surface area contributed by atoms with Crippen LogP contribution in [0.3, 0.4) is 0 Å². The molecule has 1 saturated heterocycles. The van der Waals surface area contributed by atoms with E-state index in [4.69, 9.17) is 4.74 Å². The highest BCUT2D eigenvalue weighted by atomic mass is 16.6. The van der Waals surface area contributed by atoms with Crippen molar-refractivity contribution in [3.63, 3.8) is 0 Å². The average Bonchev–Trinajstić information content (AvgIpc) is 2.73. The van der Waals surface area contributed by atoms with E-state index in [-0.39, 0.29) is 11.7 Å². The van der Waals surface area contributed by atoms with E-state index in [0.29, 0.717) is 5.56 Å². The van der Waals surface area contributed by atoms with Crippen LogP contribution in [0.15, 0.2) is 30.0 Å². The summed E-state index contributed by atoms with van der Waals surface area (Å²) in [5.41, 5.74) is 0.806. The van der Waals surface area contributed by atoms with Gasteiger partial charge >= 0.3 is 6.09 Å². The van der Waals surface area contributed by atoms with Crippen molar-refractivity contribution in [3.05, 3.63) is 35.6 Å². The standard InChI is InChI=1S/C17H20N2O4/c1-11(20)18(5)13-8-6-12(7-9-13)10-14-15(21)19(16(22)23-14)17(2,3)4/h6-10H,1-5H3/b14-10-. The number of ether oxygens (including phenoxy) is 1. The molecule has 122 valence electrons. The van der Waals surface area contributed by atoms with E-state index in [1.165, 1.54) is 17.9 Å². The Kier molecular flexibility index (Phi) is 4.27. The zero-order chi connectivity index (χ0) is 17.4. The largest absolute Gasteiger partial charge is 0.423 e. The van der Waals surface area contributed by atoms with E-state index in [1.807, 2.05) is 0 Å². The minimum atomic E-state index is -0.665. The molecule has 0 radical (unpaired) electrons. The summed E-state index contributed by atoms with van der Waals surface area (Å²) in [5.74, 6) is -0.526. The van der Waals surface area contributed by atoms with E-state index in [2.05, 4.69) is 0 Å². The highest BCUT2D eigenvalue weighted by molar-refractivity contribution is 6.10. The quantitative estimate of drug-likeness (QED) is 0.787. The second kappa shape index (κ2) is 5.87. The first-order valence-corrected chi connectivity index (χ1v) is 7.23. The van der Waals surface area contributed by atoms with Gasteiger partial charge in [0.25, 0.3) is 5.91 Å². The summed E-state index contributed by atoms with van der Waals surface area (Å²) < 4.78 is 5.07. The molecular weight excluding hydrogens is 296 g/mol. The number of nitrogens with zero attached hydrogens (tertiary/aromatic N) is 2. The van der Waals surface area contributed by atoms with Crippen LogP contribution in [0, 0.1) is 0 Å². The monoisotopic (exact) mass is 316 g/mol. The lowest BCUT2D eigenvalue weighted by atomic mass is 10.1. The summed E-state index contributed by atoms with van der Waals surface area (Å²) in [4.78, 5) is 38.1. The maximum atomic E-state index is 12.3. The SMILES string of the molecule is CC(=O)N(C)c1ccc(/C=C2\OC(=O)N(C(C)(C)C)C2=O)cc1. The predicted octanol–water partition coefficient (Wildman–Crippen LogP) is 2.79. The van der Waals surface area contributed by atoms with Crippen molar-refractivity contribution < 1.29 is 19.1 Å². The van der Waals surface area contributed by atoms with Gasteiger partial charge in [-0.25, -0.2) is 9.69 Å². The summed E-state index contributed by atoms with van der Waals surface area (Å²) in [5, 5.41) is 0. The summed E-state index contributed by atoms with van der Waals surface area (Å²) >= 11 is 0. The zero-order valence-corrected chi connectivity index (χ0v) is 13.9. The van der Waals surface area contributed by atoms with Crippen molar-refractivity contribution in [2.24, 2.45) is 0 Å². The fraction of sp³-hybridized carbons (Fsp3) is 0.353. The number of hydrogen-bond acceptors (Lipinski definition) is 4. The maximum Gasteiger partial charge on any atom is 0.423 e.